The number of hydrogen-bond acceptors (Lipinski definition) is 3. The van der Waals surface area contributed by atoms with E-state index in [1.807, 2.05) is 6.07 Å². The molecule has 160 valence electrons. The van der Waals surface area contributed by atoms with Crippen LogP contribution in [0.2, 0.25) is 0 Å². The highest BCUT2D eigenvalue weighted by atomic mass is 127. The minimum Gasteiger partial charge on any atom is -0.380 e. The number of halogens is 2. The van der Waals surface area contributed by atoms with Gasteiger partial charge in [-0.1, -0.05) is 13.0 Å². The number of hydrogen-bond donors (Lipinski definition) is 2. The molecule has 0 unspecified atom stereocenters. The van der Waals surface area contributed by atoms with E-state index in [4.69, 9.17) is 4.74 Å². The summed E-state index contributed by atoms with van der Waals surface area (Å²) in [5.41, 5.74) is 1.54. The van der Waals surface area contributed by atoms with Gasteiger partial charge in [-0.2, -0.15) is 0 Å². The quantitative estimate of drug-likeness (QED) is 0.232. The Morgan fingerprint density at radius 1 is 1.29 bits per heavy atom. The smallest absolute Gasteiger partial charge is 0.191 e. The van der Waals surface area contributed by atoms with Crippen LogP contribution in [-0.2, 0) is 17.9 Å². The molecule has 0 aromatic heterocycles. The third kappa shape index (κ3) is 9.05. The molecular formula is C21H36FIN4O. The molecule has 0 amide bonds. The van der Waals surface area contributed by atoms with Gasteiger partial charge in [-0.05, 0) is 69.4 Å². The summed E-state index contributed by atoms with van der Waals surface area (Å²) in [7, 11) is 1.57. The number of nitrogens with one attached hydrogen (secondary N) is 2. The van der Waals surface area contributed by atoms with Crippen LogP contribution in [0.1, 0.15) is 44.2 Å². The lowest BCUT2D eigenvalue weighted by Gasteiger charge is -2.30. The first-order valence-electron chi connectivity index (χ1n) is 10.1. The highest BCUT2D eigenvalue weighted by Crippen LogP contribution is 2.15. The Hall–Kier alpha value is -0.930. The number of ether oxygens (including phenoxy) is 1. The van der Waals surface area contributed by atoms with E-state index in [1.165, 1.54) is 32.0 Å². The van der Waals surface area contributed by atoms with Crippen LogP contribution in [-0.4, -0.2) is 50.7 Å². The fraction of sp³-hybridized carbons (Fsp3) is 0.667. The third-order valence-corrected chi connectivity index (χ3v) is 4.99. The molecule has 1 aliphatic rings. The molecule has 0 saturated carbocycles. The molecule has 1 heterocycles. The molecular weight excluding hydrogens is 470 g/mol. The predicted octanol–water partition coefficient (Wildman–Crippen LogP) is 3.77. The Morgan fingerprint density at radius 2 is 2.04 bits per heavy atom. The molecule has 7 heteroatoms. The highest BCUT2D eigenvalue weighted by molar-refractivity contribution is 14.0. The molecule has 0 spiro atoms. The van der Waals surface area contributed by atoms with Crippen molar-refractivity contribution in [2.24, 2.45) is 10.9 Å². The van der Waals surface area contributed by atoms with E-state index in [-0.39, 0.29) is 36.4 Å². The summed E-state index contributed by atoms with van der Waals surface area (Å²) in [6, 6.07) is 5.08. The number of methoxy groups -OCH3 is 1. The van der Waals surface area contributed by atoms with Gasteiger partial charge in [-0.15, -0.1) is 24.0 Å². The van der Waals surface area contributed by atoms with Crippen molar-refractivity contribution in [3.05, 3.63) is 35.1 Å². The second-order valence-corrected chi connectivity index (χ2v) is 7.36. The molecule has 0 atom stereocenters. The third-order valence-electron chi connectivity index (χ3n) is 4.99. The van der Waals surface area contributed by atoms with Crippen LogP contribution in [0.3, 0.4) is 0 Å². The van der Waals surface area contributed by atoms with Crippen LogP contribution < -0.4 is 10.6 Å². The van der Waals surface area contributed by atoms with Crippen LogP contribution in [0.4, 0.5) is 4.39 Å². The van der Waals surface area contributed by atoms with E-state index < -0.39 is 0 Å². The number of benzene rings is 1. The van der Waals surface area contributed by atoms with Gasteiger partial charge in [-0.25, -0.2) is 9.38 Å². The van der Waals surface area contributed by atoms with E-state index in [1.54, 1.807) is 13.2 Å². The average Bonchev–Trinajstić information content (AvgIpc) is 2.67. The van der Waals surface area contributed by atoms with Crippen LogP contribution in [0.5, 0.6) is 0 Å². The van der Waals surface area contributed by atoms with Crippen molar-refractivity contribution in [2.75, 3.05) is 39.8 Å². The first kappa shape index (κ1) is 25.1. The monoisotopic (exact) mass is 506 g/mol. The highest BCUT2D eigenvalue weighted by Gasteiger charge is 2.14. The van der Waals surface area contributed by atoms with E-state index >= 15 is 0 Å². The molecule has 2 rings (SSSR count). The first-order chi connectivity index (χ1) is 13.1. The van der Waals surface area contributed by atoms with Crippen LogP contribution in [0.15, 0.2) is 23.2 Å². The molecule has 0 radical (unpaired) electrons. The molecule has 2 N–H and O–H groups in total. The number of nitrogens with zero attached hydrogens (tertiary/aromatic N) is 2. The SMILES string of the molecule is CCNC(=NCc1ccc(F)c(COC)c1)NCCCN1CCC(C)CC1.I. The summed E-state index contributed by atoms with van der Waals surface area (Å²) in [4.78, 5) is 7.18. The Labute approximate surface area is 186 Å². The lowest BCUT2D eigenvalue weighted by Crippen LogP contribution is -2.39. The molecule has 1 aliphatic heterocycles. The summed E-state index contributed by atoms with van der Waals surface area (Å²) < 4.78 is 18.8. The number of likely N-dealkylation sites (tertiary alicyclic amines) is 1. The average molecular weight is 506 g/mol. The maximum atomic E-state index is 13.7. The zero-order chi connectivity index (χ0) is 19.5. The van der Waals surface area contributed by atoms with E-state index in [9.17, 15) is 4.39 Å². The van der Waals surface area contributed by atoms with Gasteiger partial charge in [0.25, 0.3) is 0 Å². The summed E-state index contributed by atoms with van der Waals surface area (Å²) >= 11 is 0. The predicted molar refractivity (Wildman–Crippen MR) is 125 cm³/mol. The second kappa shape index (κ2) is 14.1. The zero-order valence-corrected chi connectivity index (χ0v) is 19.8. The minimum atomic E-state index is -0.235. The molecule has 0 aliphatic carbocycles. The van der Waals surface area contributed by atoms with Gasteiger partial charge in [0.15, 0.2) is 5.96 Å². The van der Waals surface area contributed by atoms with Gasteiger partial charge in [0, 0.05) is 25.8 Å². The van der Waals surface area contributed by atoms with Crippen molar-refractivity contribution in [1.29, 1.82) is 0 Å². The van der Waals surface area contributed by atoms with Gasteiger partial charge >= 0.3 is 0 Å². The molecule has 1 aromatic rings. The first-order valence-corrected chi connectivity index (χ1v) is 10.1. The molecule has 5 nitrogen and oxygen atoms in total. The Kier molecular flexibility index (Phi) is 12.7. The lowest BCUT2D eigenvalue weighted by molar-refractivity contribution is 0.181. The van der Waals surface area contributed by atoms with Crippen LogP contribution in [0.25, 0.3) is 0 Å². The Balaban J connectivity index is 0.00000392. The van der Waals surface area contributed by atoms with Crippen molar-refractivity contribution in [1.82, 2.24) is 15.5 Å². The maximum Gasteiger partial charge on any atom is 0.191 e. The van der Waals surface area contributed by atoms with Crippen molar-refractivity contribution < 1.29 is 9.13 Å². The van der Waals surface area contributed by atoms with E-state index in [0.717, 1.165) is 43.5 Å². The number of rotatable bonds is 9. The minimum absolute atomic E-state index is 0. The molecule has 1 saturated heterocycles. The van der Waals surface area contributed by atoms with Crippen molar-refractivity contribution >= 4 is 29.9 Å². The summed E-state index contributed by atoms with van der Waals surface area (Å²) in [5, 5.41) is 6.68. The van der Waals surface area contributed by atoms with E-state index in [2.05, 4.69) is 34.4 Å². The van der Waals surface area contributed by atoms with Gasteiger partial charge in [0.05, 0.1) is 13.2 Å². The van der Waals surface area contributed by atoms with Gasteiger partial charge in [0.2, 0.25) is 0 Å². The van der Waals surface area contributed by atoms with E-state index in [0.29, 0.717) is 12.1 Å². The number of piperidine rings is 1. The van der Waals surface area contributed by atoms with Crippen LogP contribution >= 0.6 is 24.0 Å². The molecule has 0 bridgehead atoms. The number of guanidine groups is 1. The fourth-order valence-corrected chi connectivity index (χ4v) is 3.30. The summed E-state index contributed by atoms with van der Waals surface area (Å²) in [6.45, 7) is 10.5. The van der Waals surface area contributed by atoms with Crippen molar-refractivity contribution in [3.8, 4) is 0 Å². The zero-order valence-electron chi connectivity index (χ0n) is 17.5. The van der Waals surface area contributed by atoms with Gasteiger partial charge in [0.1, 0.15) is 5.82 Å². The fourth-order valence-electron chi connectivity index (χ4n) is 3.30. The Bertz CT molecular complexity index is 592. The molecule has 1 aromatic carbocycles. The number of aliphatic imine (C=N–C) groups is 1. The van der Waals surface area contributed by atoms with Crippen molar-refractivity contribution in [3.63, 3.8) is 0 Å². The lowest BCUT2D eigenvalue weighted by atomic mass is 9.99. The normalized spacial score (nSPS) is 15.9. The van der Waals surface area contributed by atoms with Crippen LogP contribution in [0, 0.1) is 11.7 Å². The topological polar surface area (TPSA) is 48.9 Å². The standard InChI is InChI=1S/C21H35FN4O.HI/c1-4-23-21(24-10-5-11-26-12-8-17(2)9-13-26)25-15-18-6-7-20(22)19(14-18)16-27-3;/h6-7,14,17H,4-5,8-13,15-16H2,1-3H3,(H2,23,24,25);1H. The second-order valence-electron chi connectivity index (χ2n) is 7.36. The largest absolute Gasteiger partial charge is 0.380 e. The summed E-state index contributed by atoms with van der Waals surface area (Å²) in [6.07, 6.45) is 3.74. The Morgan fingerprint density at radius 3 is 2.71 bits per heavy atom. The van der Waals surface area contributed by atoms with Gasteiger partial charge < -0.3 is 20.3 Å². The molecule has 1 fully saturated rings. The summed E-state index contributed by atoms with van der Waals surface area (Å²) in [5.74, 6) is 1.45. The maximum absolute atomic E-state index is 13.7. The van der Waals surface area contributed by atoms with Crippen molar-refractivity contribution in [2.45, 2.75) is 46.3 Å². The molecule has 28 heavy (non-hydrogen) atoms. The van der Waals surface area contributed by atoms with Gasteiger partial charge in [-0.3, -0.25) is 0 Å².